The number of aryl methyl sites for hydroxylation is 1. The summed E-state index contributed by atoms with van der Waals surface area (Å²) in [6.45, 7) is 2.02. The lowest BCUT2D eigenvalue weighted by atomic mass is 9.98. The van der Waals surface area contributed by atoms with E-state index in [2.05, 4.69) is 5.32 Å². The second-order valence-electron chi connectivity index (χ2n) is 5.32. The van der Waals surface area contributed by atoms with Gasteiger partial charge in [0.2, 0.25) is 5.91 Å². The molecule has 0 radical (unpaired) electrons. The van der Waals surface area contributed by atoms with Gasteiger partial charge in [-0.25, -0.2) is 4.79 Å². The van der Waals surface area contributed by atoms with Crippen molar-refractivity contribution in [1.82, 2.24) is 0 Å². The molecule has 0 aliphatic carbocycles. The molecule has 0 saturated heterocycles. The highest BCUT2D eigenvalue weighted by atomic mass is 16.4. The van der Waals surface area contributed by atoms with Crippen LogP contribution in [0, 0.1) is 6.92 Å². The third-order valence-electron chi connectivity index (χ3n) is 3.65. The fourth-order valence-corrected chi connectivity index (χ4v) is 2.56. The molecule has 0 aliphatic rings. The summed E-state index contributed by atoms with van der Waals surface area (Å²) in [4.78, 5) is 22.8. The molecular formula is C18H16N2O3. The Labute approximate surface area is 132 Å². The minimum Gasteiger partial charge on any atom is -0.423 e. The van der Waals surface area contributed by atoms with Crippen LogP contribution in [0.4, 0.5) is 5.69 Å². The Morgan fingerprint density at radius 1 is 1.13 bits per heavy atom. The average molecular weight is 308 g/mol. The van der Waals surface area contributed by atoms with Crippen molar-refractivity contribution in [2.24, 2.45) is 5.73 Å². The maximum Gasteiger partial charge on any atom is 0.336 e. The number of nitrogens with two attached hydrogens (primary N) is 1. The Bertz CT molecular complexity index is 944. The number of nitrogens with one attached hydrogen (secondary N) is 1. The molecule has 0 spiro atoms. The molecule has 1 amide bonds. The van der Waals surface area contributed by atoms with Gasteiger partial charge in [0.25, 0.3) is 0 Å². The summed E-state index contributed by atoms with van der Waals surface area (Å²) >= 11 is 0. The van der Waals surface area contributed by atoms with Crippen molar-refractivity contribution in [3.63, 3.8) is 0 Å². The number of rotatable bonds is 4. The molecule has 3 aromatic rings. The first-order chi connectivity index (χ1) is 11.0. The zero-order valence-corrected chi connectivity index (χ0v) is 12.6. The molecule has 1 aromatic heterocycles. The van der Waals surface area contributed by atoms with E-state index in [-0.39, 0.29) is 6.54 Å². The number of amides is 1. The molecule has 0 fully saturated rings. The number of fused-ring (bicyclic) bond motifs is 1. The van der Waals surface area contributed by atoms with Crippen molar-refractivity contribution < 1.29 is 9.21 Å². The van der Waals surface area contributed by atoms with Gasteiger partial charge in [-0.1, -0.05) is 24.3 Å². The molecule has 23 heavy (non-hydrogen) atoms. The van der Waals surface area contributed by atoms with Gasteiger partial charge in [0.1, 0.15) is 5.58 Å². The minimum atomic E-state index is -0.458. The first-order valence-electron chi connectivity index (χ1n) is 7.21. The summed E-state index contributed by atoms with van der Waals surface area (Å²) in [5, 5.41) is 3.73. The monoisotopic (exact) mass is 308 g/mol. The Morgan fingerprint density at radius 3 is 2.65 bits per heavy atom. The van der Waals surface area contributed by atoms with Crippen molar-refractivity contribution in [3.05, 3.63) is 64.5 Å². The molecule has 0 atom stereocenters. The van der Waals surface area contributed by atoms with E-state index >= 15 is 0 Å². The van der Waals surface area contributed by atoms with Gasteiger partial charge in [-0.05, 0) is 30.2 Å². The second kappa shape index (κ2) is 5.96. The van der Waals surface area contributed by atoms with E-state index < -0.39 is 11.5 Å². The zero-order chi connectivity index (χ0) is 16.4. The van der Waals surface area contributed by atoms with Crippen LogP contribution in [0.5, 0.6) is 0 Å². The van der Waals surface area contributed by atoms with E-state index in [1.807, 2.05) is 43.3 Å². The van der Waals surface area contributed by atoms with Crippen LogP contribution >= 0.6 is 0 Å². The van der Waals surface area contributed by atoms with Crippen molar-refractivity contribution >= 4 is 22.6 Å². The molecule has 3 rings (SSSR count). The fourth-order valence-electron chi connectivity index (χ4n) is 2.56. The molecule has 0 unspecified atom stereocenters. The van der Waals surface area contributed by atoms with Gasteiger partial charge in [0, 0.05) is 28.8 Å². The van der Waals surface area contributed by atoms with Gasteiger partial charge >= 0.3 is 5.63 Å². The maximum absolute atomic E-state index is 11.9. The van der Waals surface area contributed by atoms with E-state index in [1.54, 1.807) is 6.07 Å². The van der Waals surface area contributed by atoms with E-state index in [9.17, 15) is 9.59 Å². The van der Waals surface area contributed by atoms with Gasteiger partial charge < -0.3 is 15.5 Å². The molecule has 5 heteroatoms. The summed E-state index contributed by atoms with van der Waals surface area (Å²) in [6.07, 6.45) is 0. The summed E-state index contributed by atoms with van der Waals surface area (Å²) in [6, 6.07) is 14.8. The van der Waals surface area contributed by atoms with Crippen molar-refractivity contribution in [2.75, 3.05) is 11.9 Å². The first-order valence-corrected chi connectivity index (χ1v) is 7.21. The summed E-state index contributed by atoms with van der Waals surface area (Å²) < 4.78 is 5.30. The van der Waals surface area contributed by atoms with Crippen LogP contribution < -0.4 is 16.7 Å². The molecule has 3 N–H and O–H groups in total. The first kappa shape index (κ1) is 14.8. The van der Waals surface area contributed by atoms with E-state index in [4.69, 9.17) is 10.2 Å². The van der Waals surface area contributed by atoms with Crippen LogP contribution in [0.1, 0.15) is 5.56 Å². The Morgan fingerprint density at radius 2 is 1.91 bits per heavy atom. The highest BCUT2D eigenvalue weighted by Crippen LogP contribution is 2.30. The molecule has 1 heterocycles. The van der Waals surface area contributed by atoms with E-state index in [0.29, 0.717) is 11.3 Å². The minimum absolute atomic E-state index is 0.0211. The lowest BCUT2D eigenvalue weighted by molar-refractivity contribution is -0.116. The topological polar surface area (TPSA) is 85.3 Å². The summed E-state index contributed by atoms with van der Waals surface area (Å²) in [5.41, 5.74) is 8.73. The molecule has 5 nitrogen and oxygen atoms in total. The van der Waals surface area contributed by atoms with Gasteiger partial charge in [-0.15, -0.1) is 0 Å². The lowest BCUT2D eigenvalue weighted by Gasteiger charge is -2.10. The predicted molar refractivity (Wildman–Crippen MR) is 90.3 cm³/mol. The number of carbonyl (C=O) groups is 1. The zero-order valence-electron chi connectivity index (χ0n) is 12.6. The summed E-state index contributed by atoms with van der Waals surface area (Å²) in [5.74, 6) is -0.458. The SMILES string of the molecule is Cc1ccccc1-c1cc(=O)oc2cc(NCC(N)=O)ccc12. The highest BCUT2D eigenvalue weighted by molar-refractivity contribution is 5.95. The van der Waals surface area contributed by atoms with Crippen LogP contribution in [0.25, 0.3) is 22.1 Å². The van der Waals surface area contributed by atoms with Gasteiger partial charge in [-0.3, -0.25) is 4.79 Å². The van der Waals surface area contributed by atoms with Crippen LogP contribution in [0.3, 0.4) is 0 Å². The third-order valence-corrected chi connectivity index (χ3v) is 3.65. The van der Waals surface area contributed by atoms with Crippen LogP contribution in [0.15, 0.2) is 57.7 Å². The molecule has 0 bridgehead atoms. The lowest BCUT2D eigenvalue weighted by Crippen LogP contribution is -2.21. The quantitative estimate of drug-likeness (QED) is 0.726. The number of anilines is 1. The van der Waals surface area contributed by atoms with Crippen molar-refractivity contribution in [1.29, 1.82) is 0 Å². The van der Waals surface area contributed by atoms with Gasteiger partial charge in [0.15, 0.2) is 0 Å². The number of benzene rings is 2. The Hall–Kier alpha value is -3.08. The molecule has 116 valence electrons. The van der Waals surface area contributed by atoms with Gasteiger partial charge in [-0.2, -0.15) is 0 Å². The van der Waals surface area contributed by atoms with Crippen molar-refractivity contribution in [2.45, 2.75) is 6.92 Å². The Kier molecular flexibility index (Phi) is 3.85. The largest absolute Gasteiger partial charge is 0.423 e. The molecule has 2 aromatic carbocycles. The van der Waals surface area contributed by atoms with Crippen LogP contribution in [0.2, 0.25) is 0 Å². The smallest absolute Gasteiger partial charge is 0.336 e. The second-order valence-corrected chi connectivity index (χ2v) is 5.32. The van der Waals surface area contributed by atoms with E-state index in [1.165, 1.54) is 6.07 Å². The maximum atomic E-state index is 11.9. The van der Waals surface area contributed by atoms with Gasteiger partial charge in [0.05, 0.1) is 6.54 Å². The Balaban J connectivity index is 2.15. The van der Waals surface area contributed by atoms with E-state index in [0.717, 1.165) is 22.1 Å². The van der Waals surface area contributed by atoms with Crippen LogP contribution in [-0.4, -0.2) is 12.5 Å². The number of carbonyl (C=O) groups excluding carboxylic acids is 1. The van der Waals surface area contributed by atoms with Crippen molar-refractivity contribution in [3.8, 4) is 11.1 Å². The molecular weight excluding hydrogens is 292 g/mol. The van der Waals surface area contributed by atoms with Crippen LogP contribution in [-0.2, 0) is 4.79 Å². The predicted octanol–water partition coefficient (Wildman–Crippen LogP) is 2.67. The normalized spacial score (nSPS) is 10.7. The molecule has 0 aliphatic heterocycles. The standard InChI is InChI=1S/C18H16N2O3/c1-11-4-2-3-5-13(11)15-9-18(22)23-16-8-12(6-7-14(15)16)20-10-17(19)21/h2-9,20H,10H2,1H3,(H2,19,21). The molecule has 0 saturated carbocycles. The number of primary amides is 1. The highest BCUT2D eigenvalue weighted by Gasteiger charge is 2.10. The number of hydrogen-bond acceptors (Lipinski definition) is 4. The average Bonchev–Trinajstić information content (AvgIpc) is 2.52. The third kappa shape index (κ3) is 3.08. The number of hydrogen-bond donors (Lipinski definition) is 2. The summed E-state index contributed by atoms with van der Waals surface area (Å²) in [7, 11) is 0. The fraction of sp³-hybridized carbons (Fsp3) is 0.111.